The van der Waals surface area contributed by atoms with Gasteiger partial charge >= 0.3 is 5.97 Å². The molecule has 4 heteroatoms. The third-order valence-corrected chi connectivity index (χ3v) is 2.72. The topological polar surface area (TPSA) is 38.3 Å². The molecule has 0 aliphatic rings. The SMILES string of the molecule is CCCCCNc1cc(Cl)ccc1C(=O)OC. The van der Waals surface area contributed by atoms with Gasteiger partial charge in [-0.15, -0.1) is 0 Å². The number of benzene rings is 1. The average Bonchev–Trinajstić information content (AvgIpc) is 2.34. The molecule has 1 rings (SSSR count). The van der Waals surface area contributed by atoms with E-state index in [1.165, 1.54) is 20.0 Å². The van der Waals surface area contributed by atoms with Crippen LogP contribution in [-0.4, -0.2) is 19.6 Å². The van der Waals surface area contributed by atoms with Gasteiger partial charge in [-0.05, 0) is 24.6 Å². The fourth-order valence-electron chi connectivity index (χ4n) is 1.55. The lowest BCUT2D eigenvalue weighted by molar-refractivity contribution is 0.0602. The molecule has 0 aromatic heterocycles. The van der Waals surface area contributed by atoms with Crippen LogP contribution in [0.4, 0.5) is 5.69 Å². The molecule has 0 aliphatic heterocycles. The van der Waals surface area contributed by atoms with E-state index in [0.29, 0.717) is 10.6 Å². The molecule has 0 spiro atoms. The normalized spacial score (nSPS) is 10.1. The maximum atomic E-state index is 11.5. The number of methoxy groups -OCH3 is 1. The summed E-state index contributed by atoms with van der Waals surface area (Å²) in [6, 6.07) is 5.11. The van der Waals surface area contributed by atoms with Crippen molar-refractivity contribution in [2.45, 2.75) is 26.2 Å². The van der Waals surface area contributed by atoms with Crippen molar-refractivity contribution >= 4 is 23.3 Å². The maximum Gasteiger partial charge on any atom is 0.339 e. The Morgan fingerprint density at radius 1 is 1.41 bits per heavy atom. The first-order valence-electron chi connectivity index (χ1n) is 5.80. The molecule has 1 aromatic rings. The smallest absolute Gasteiger partial charge is 0.339 e. The van der Waals surface area contributed by atoms with Gasteiger partial charge in [-0.2, -0.15) is 0 Å². The van der Waals surface area contributed by atoms with Crippen LogP contribution < -0.4 is 5.32 Å². The third kappa shape index (κ3) is 4.27. The lowest BCUT2D eigenvalue weighted by atomic mass is 10.1. The number of ether oxygens (including phenoxy) is 1. The van der Waals surface area contributed by atoms with Gasteiger partial charge in [0.25, 0.3) is 0 Å². The van der Waals surface area contributed by atoms with E-state index in [-0.39, 0.29) is 5.97 Å². The molecule has 17 heavy (non-hydrogen) atoms. The number of esters is 1. The molecule has 3 nitrogen and oxygen atoms in total. The van der Waals surface area contributed by atoms with Crippen molar-refractivity contribution in [3.63, 3.8) is 0 Å². The second-order valence-corrected chi connectivity index (χ2v) is 4.25. The summed E-state index contributed by atoms with van der Waals surface area (Å²) in [6.45, 7) is 2.98. The molecule has 0 saturated carbocycles. The minimum absolute atomic E-state index is 0.348. The van der Waals surface area contributed by atoms with E-state index < -0.39 is 0 Å². The summed E-state index contributed by atoms with van der Waals surface area (Å²) in [7, 11) is 1.37. The van der Waals surface area contributed by atoms with Gasteiger partial charge in [-0.1, -0.05) is 31.4 Å². The molecular formula is C13H18ClNO2. The molecule has 0 saturated heterocycles. The molecule has 1 N–H and O–H groups in total. The van der Waals surface area contributed by atoms with Crippen LogP contribution >= 0.6 is 11.6 Å². The van der Waals surface area contributed by atoms with Crippen molar-refractivity contribution in [2.24, 2.45) is 0 Å². The summed E-state index contributed by atoms with van der Waals surface area (Å²) < 4.78 is 4.72. The molecule has 1 aromatic carbocycles. The van der Waals surface area contributed by atoms with Crippen molar-refractivity contribution in [1.29, 1.82) is 0 Å². The first kappa shape index (κ1) is 13.8. The van der Waals surface area contributed by atoms with Gasteiger partial charge < -0.3 is 10.1 Å². The lowest BCUT2D eigenvalue weighted by Crippen LogP contribution is -2.09. The molecular weight excluding hydrogens is 238 g/mol. The van der Waals surface area contributed by atoms with Gasteiger partial charge in [0.2, 0.25) is 0 Å². The molecule has 0 amide bonds. The lowest BCUT2D eigenvalue weighted by Gasteiger charge is -2.10. The number of carbonyl (C=O) groups excluding carboxylic acids is 1. The van der Waals surface area contributed by atoms with Crippen LogP contribution in [0.3, 0.4) is 0 Å². The fourth-order valence-corrected chi connectivity index (χ4v) is 1.72. The summed E-state index contributed by atoms with van der Waals surface area (Å²) in [6.07, 6.45) is 3.41. The van der Waals surface area contributed by atoms with Crippen molar-refractivity contribution in [3.05, 3.63) is 28.8 Å². The highest BCUT2D eigenvalue weighted by atomic mass is 35.5. The zero-order valence-corrected chi connectivity index (χ0v) is 11.0. The fraction of sp³-hybridized carbons (Fsp3) is 0.462. The summed E-state index contributed by atoms with van der Waals surface area (Å²) in [4.78, 5) is 11.5. The maximum absolute atomic E-state index is 11.5. The van der Waals surface area contributed by atoms with Crippen LogP contribution in [-0.2, 0) is 4.74 Å². The Hall–Kier alpha value is -1.22. The largest absolute Gasteiger partial charge is 0.465 e. The Balaban J connectivity index is 2.73. The van der Waals surface area contributed by atoms with E-state index in [2.05, 4.69) is 12.2 Å². The van der Waals surface area contributed by atoms with Crippen molar-refractivity contribution in [1.82, 2.24) is 0 Å². The summed E-state index contributed by atoms with van der Waals surface area (Å²) in [5.74, 6) is -0.348. The highest BCUT2D eigenvalue weighted by Crippen LogP contribution is 2.21. The van der Waals surface area contributed by atoms with Crippen LogP contribution in [0.2, 0.25) is 5.02 Å². The van der Waals surface area contributed by atoms with Gasteiger partial charge in [0.1, 0.15) is 0 Å². The Morgan fingerprint density at radius 2 is 2.18 bits per heavy atom. The van der Waals surface area contributed by atoms with E-state index in [0.717, 1.165) is 18.7 Å². The summed E-state index contributed by atoms with van der Waals surface area (Å²) in [5, 5.41) is 3.83. The number of unbranched alkanes of at least 4 members (excludes halogenated alkanes) is 2. The zero-order chi connectivity index (χ0) is 12.7. The zero-order valence-electron chi connectivity index (χ0n) is 10.3. The number of hydrogen-bond donors (Lipinski definition) is 1. The van der Waals surface area contributed by atoms with Gasteiger partial charge in [0.15, 0.2) is 0 Å². The molecule has 0 unspecified atom stereocenters. The second kappa shape index (κ2) is 7.17. The Labute approximate surface area is 107 Å². The van der Waals surface area contributed by atoms with E-state index in [1.54, 1.807) is 18.2 Å². The van der Waals surface area contributed by atoms with Gasteiger partial charge in [-0.25, -0.2) is 4.79 Å². The number of hydrogen-bond acceptors (Lipinski definition) is 3. The molecule has 0 bridgehead atoms. The first-order valence-corrected chi connectivity index (χ1v) is 6.18. The number of rotatable bonds is 6. The van der Waals surface area contributed by atoms with Gasteiger partial charge in [0, 0.05) is 11.6 Å². The molecule has 0 aliphatic carbocycles. The summed E-state index contributed by atoms with van der Waals surface area (Å²) in [5.41, 5.74) is 1.26. The number of anilines is 1. The third-order valence-electron chi connectivity index (χ3n) is 2.48. The highest BCUT2D eigenvalue weighted by molar-refractivity contribution is 6.31. The Kier molecular flexibility index (Phi) is 5.84. The molecule has 0 radical (unpaired) electrons. The van der Waals surface area contributed by atoms with Crippen LogP contribution in [0, 0.1) is 0 Å². The Morgan fingerprint density at radius 3 is 2.82 bits per heavy atom. The Bertz CT molecular complexity index is 380. The van der Waals surface area contributed by atoms with E-state index >= 15 is 0 Å². The van der Waals surface area contributed by atoms with E-state index in [1.807, 2.05) is 0 Å². The predicted octanol–water partition coefficient (Wildman–Crippen LogP) is 3.73. The van der Waals surface area contributed by atoms with Crippen LogP contribution in [0.1, 0.15) is 36.5 Å². The first-order chi connectivity index (χ1) is 8.19. The van der Waals surface area contributed by atoms with Gasteiger partial charge in [0.05, 0.1) is 18.4 Å². The quantitative estimate of drug-likeness (QED) is 0.622. The van der Waals surface area contributed by atoms with Crippen molar-refractivity contribution < 1.29 is 9.53 Å². The standard InChI is InChI=1S/C13H18ClNO2/c1-3-4-5-8-15-12-9-10(14)6-7-11(12)13(16)17-2/h6-7,9,15H,3-5,8H2,1-2H3. The second-order valence-electron chi connectivity index (χ2n) is 3.82. The molecule has 0 atom stereocenters. The molecule has 0 heterocycles. The van der Waals surface area contributed by atoms with E-state index in [9.17, 15) is 4.79 Å². The average molecular weight is 256 g/mol. The van der Waals surface area contributed by atoms with Crippen molar-refractivity contribution in [2.75, 3.05) is 19.0 Å². The molecule has 94 valence electrons. The van der Waals surface area contributed by atoms with E-state index in [4.69, 9.17) is 16.3 Å². The number of halogens is 1. The summed E-state index contributed by atoms with van der Waals surface area (Å²) >= 11 is 5.91. The highest BCUT2D eigenvalue weighted by Gasteiger charge is 2.11. The minimum Gasteiger partial charge on any atom is -0.465 e. The predicted molar refractivity (Wildman–Crippen MR) is 70.8 cm³/mol. The molecule has 0 fully saturated rings. The number of nitrogens with one attached hydrogen (secondary N) is 1. The monoisotopic (exact) mass is 255 g/mol. The van der Waals surface area contributed by atoms with Crippen molar-refractivity contribution in [3.8, 4) is 0 Å². The van der Waals surface area contributed by atoms with Gasteiger partial charge in [-0.3, -0.25) is 0 Å². The minimum atomic E-state index is -0.348. The van der Waals surface area contributed by atoms with Crippen LogP contribution in [0.5, 0.6) is 0 Å². The van der Waals surface area contributed by atoms with Crippen LogP contribution in [0.15, 0.2) is 18.2 Å². The number of carbonyl (C=O) groups is 1. The van der Waals surface area contributed by atoms with Crippen LogP contribution in [0.25, 0.3) is 0 Å².